The molecule has 0 fully saturated rings. The molecule has 0 saturated heterocycles. The lowest BCUT2D eigenvalue weighted by Gasteiger charge is -2.18. The van der Waals surface area contributed by atoms with Crippen LogP contribution in [-0.4, -0.2) is 26.2 Å². The molecule has 4 rings (SSSR count). The molecular formula is C16H14N2O4S3. The maximum atomic E-state index is 12.5. The minimum absolute atomic E-state index is 0.223. The van der Waals surface area contributed by atoms with Crippen molar-refractivity contribution in [2.45, 2.75) is 10.8 Å². The fourth-order valence-corrected chi connectivity index (χ4v) is 5.76. The molecule has 2 aromatic heterocycles. The zero-order valence-electron chi connectivity index (χ0n) is 13.0. The number of benzene rings is 1. The van der Waals surface area contributed by atoms with Crippen LogP contribution < -0.4 is 14.3 Å². The Kier molecular flexibility index (Phi) is 4.14. The zero-order valence-corrected chi connectivity index (χ0v) is 15.5. The Morgan fingerprint density at radius 3 is 2.72 bits per heavy atom. The van der Waals surface area contributed by atoms with Crippen molar-refractivity contribution < 1.29 is 17.9 Å². The summed E-state index contributed by atoms with van der Waals surface area (Å²) in [6.45, 7) is 5.19. The van der Waals surface area contributed by atoms with Crippen LogP contribution in [0.3, 0.4) is 0 Å². The number of nitrogens with zero attached hydrogens (tertiary/aromatic N) is 2. The normalized spacial score (nSPS) is 14.8. The average Bonchev–Trinajstić information content (AvgIpc) is 3.23. The maximum absolute atomic E-state index is 12.5. The fraction of sp³-hybridized carbons (Fsp3) is 0.188. The van der Waals surface area contributed by atoms with Crippen molar-refractivity contribution in [1.82, 2.24) is 4.57 Å². The molecule has 0 aliphatic carbocycles. The first-order valence-corrected chi connectivity index (χ1v) is 10.6. The van der Waals surface area contributed by atoms with E-state index in [4.69, 9.17) is 9.47 Å². The monoisotopic (exact) mass is 394 g/mol. The number of ether oxygens (including phenoxy) is 2. The van der Waals surface area contributed by atoms with Gasteiger partial charge in [0.15, 0.2) is 11.5 Å². The highest BCUT2D eigenvalue weighted by molar-refractivity contribution is 7.92. The summed E-state index contributed by atoms with van der Waals surface area (Å²) < 4.78 is 43.2. The van der Waals surface area contributed by atoms with Crippen molar-refractivity contribution in [3.63, 3.8) is 0 Å². The van der Waals surface area contributed by atoms with Crippen LogP contribution >= 0.6 is 22.7 Å². The number of hydrogen-bond donors (Lipinski definition) is 0. The second kappa shape index (κ2) is 6.32. The highest BCUT2D eigenvalue weighted by atomic mass is 32.2. The Morgan fingerprint density at radius 2 is 2.04 bits per heavy atom. The molecule has 25 heavy (non-hydrogen) atoms. The van der Waals surface area contributed by atoms with Gasteiger partial charge in [0, 0.05) is 18.7 Å². The lowest BCUT2D eigenvalue weighted by molar-refractivity contribution is 0.172. The van der Waals surface area contributed by atoms with Crippen LogP contribution in [0.25, 0.3) is 10.2 Å². The first-order chi connectivity index (χ1) is 12.1. The Morgan fingerprint density at radius 1 is 1.28 bits per heavy atom. The molecule has 0 unspecified atom stereocenters. The third kappa shape index (κ3) is 2.99. The first kappa shape index (κ1) is 16.4. The third-order valence-corrected chi connectivity index (χ3v) is 7.40. The molecule has 0 amide bonds. The molecule has 130 valence electrons. The van der Waals surface area contributed by atoms with E-state index in [0.717, 1.165) is 21.6 Å². The van der Waals surface area contributed by atoms with Crippen LogP contribution in [-0.2, 0) is 16.6 Å². The first-order valence-electron chi connectivity index (χ1n) is 7.47. The molecule has 0 atom stereocenters. The van der Waals surface area contributed by atoms with Gasteiger partial charge in [-0.1, -0.05) is 23.5 Å². The lowest BCUT2D eigenvalue weighted by Crippen LogP contribution is -2.17. The van der Waals surface area contributed by atoms with Crippen LogP contribution in [0.1, 0.15) is 0 Å². The Hall–Kier alpha value is -2.10. The molecule has 6 nitrogen and oxygen atoms in total. The number of sulfonamides is 1. The number of thiazole rings is 1. The largest absolute Gasteiger partial charge is 0.486 e. The molecular weight excluding hydrogens is 380 g/mol. The van der Waals surface area contributed by atoms with Crippen molar-refractivity contribution >= 4 is 42.9 Å². The quantitative estimate of drug-likeness (QED) is 0.638. The highest BCUT2D eigenvalue weighted by Crippen LogP contribution is 2.35. The van der Waals surface area contributed by atoms with E-state index in [0.29, 0.717) is 36.1 Å². The van der Waals surface area contributed by atoms with Crippen molar-refractivity contribution in [1.29, 1.82) is 0 Å². The number of rotatable bonds is 4. The van der Waals surface area contributed by atoms with Gasteiger partial charge in [-0.15, -0.1) is 22.3 Å². The zero-order chi connectivity index (χ0) is 17.4. The summed E-state index contributed by atoms with van der Waals surface area (Å²) >= 11 is 2.45. The molecule has 1 aromatic carbocycles. The summed E-state index contributed by atoms with van der Waals surface area (Å²) in [5, 5.41) is 1.72. The van der Waals surface area contributed by atoms with Crippen LogP contribution in [0.15, 0.2) is 50.9 Å². The molecule has 0 N–H and O–H groups in total. The molecule has 1 aliphatic heterocycles. The van der Waals surface area contributed by atoms with Crippen LogP contribution in [0.5, 0.6) is 11.5 Å². The number of allylic oxidation sites excluding steroid dienone is 1. The van der Waals surface area contributed by atoms with Gasteiger partial charge in [0.1, 0.15) is 17.4 Å². The molecule has 9 heteroatoms. The summed E-state index contributed by atoms with van der Waals surface area (Å²) in [4.78, 5) is 0.394. The second-order valence-corrected chi connectivity index (χ2v) is 9.03. The predicted octanol–water partition coefficient (Wildman–Crippen LogP) is 3.01. The Balaban J connectivity index is 1.95. The van der Waals surface area contributed by atoms with E-state index in [-0.39, 0.29) is 4.21 Å². The smallest absolute Gasteiger partial charge is 0.294 e. The number of hydrogen-bond acceptors (Lipinski definition) is 6. The highest BCUT2D eigenvalue weighted by Gasteiger charge is 2.18. The Labute approximate surface area is 152 Å². The molecule has 3 heterocycles. The Bertz CT molecular complexity index is 1110. The van der Waals surface area contributed by atoms with E-state index in [1.165, 1.54) is 11.3 Å². The van der Waals surface area contributed by atoms with Gasteiger partial charge >= 0.3 is 0 Å². The van der Waals surface area contributed by atoms with Crippen molar-refractivity contribution in [2.75, 3.05) is 13.2 Å². The van der Waals surface area contributed by atoms with Crippen molar-refractivity contribution in [3.8, 4) is 11.5 Å². The van der Waals surface area contributed by atoms with Crippen LogP contribution in [0, 0.1) is 0 Å². The molecule has 3 aromatic rings. The van der Waals surface area contributed by atoms with Crippen molar-refractivity contribution in [3.05, 3.63) is 47.1 Å². The van der Waals surface area contributed by atoms with E-state index in [9.17, 15) is 8.42 Å². The van der Waals surface area contributed by atoms with E-state index in [1.807, 2.05) is 16.7 Å². The molecule has 1 aliphatic rings. The summed E-state index contributed by atoms with van der Waals surface area (Å²) in [6, 6.07) is 6.97. The summed E-state index contributed by atoms with van der Waals surface area (Å²) in [7, 11) is -3.74. The average molecular weight is 394 g/mol. The fourth-order valence-electron chi connectivity index (χ4n) is 2.54. The summed E-state index contributed by atoms with van der Waals surface area (Å²) in [6.07, 6.45) is 1.71. The molecule has 0 spiro atoms. The van der Waals surface area contributed by atoms with Gasteiger partial charge in [-0.05, 0) is 11.4 Å². The van der Waals surface area contributed by atoms with Crippen LogP contribution in [0.2, 0.25) is 0 Å². The molecule has 0 radical (unpaired) electrons. The number of fused-ring (bicyclic) bond motifs is 2. The van der Waals surface area contributed by atoms with Gasteiger partial charge in [0.25, 0.3) is 10.0 Å². The van der Waals surface area contributed by atoms with E-state index in [1.54, 1.807) is 23.6 Å². The van der Waals surface area contributed by atoms with E-state index in [2.05, 4.69) is 11.0 Å². The van der Waals surface area contributed by atoms with Gasteiger partial charge < -0.3 is 14.0 Å². The second-order valence-electron chi connectivity index (χ2n) is 5.25. The minimum atomic E-state index is -3.74. The topological polar surface area (TPSA) is 69.9 Å². The molecule has 0 saturated carbocycles. The number of thiophene rings is 1. The van der Waals surface area contributed by atoms with Crippen molar-refractivity contribution in [2.24, 2.45) is 4.40 Å². The van der Waals surface area contributed by atoms with Gasteiger partial charge in [-0.25, -0.2) is 0 Å². The standard InChI is InChI=1S/C16H14N2O4S3/c1-2-5-18-11-9-12-13(22-7-6-21-12)10-14(11)24-16(18)17-25(19,20)15-4-3-8-23-15/h2-4,8-10H,1,5-7H2/b17-16-. The summed E-state index contributed by atoms with van der Waals surface area (Å²) in [5.74, 6) is 1.32. The third-order valence-electron chi connectivity index (χ3n) is 3.61. The molecule has 0 bridgehead atoms. The van der Waals surface area contributed by atoms with Gasteiger partial charge in [0.05, 0.1) is 10.2 Å². The predicted molar refractivity (Wildman–Crippen MR) is 98.1 cm³/mol. The SMILES string of the molecule is C=CCn1/c(=N/S(=O)(=O)c2cccs2)sc2cc3c(cc21)OCCO3. The van der Waals surface area contributed by atoms with Gasteiger partial charge in [-0.2, -0.15) is 8.42 Å². The minimum Gasteiger partial charge on any atom is -0.486 e. The lowest BCUT2D eigenvalue weighted by atomic mass is 10.2. The maximum Gasteiger partial charge on any atom is 0.294 e. The van der Waals surface area contributed by atoms with E-state index >= 15 is 0 Å². The summed E-state index contributed by atoms with van der Waals surface area (Å²) in [5.41, 5.74) is 0.842. The van der Waals surface area contributed by atoms with E-state index < -0.39 is 10.0 Å². The van der Waals surface area contributed by atoms with Gasteiger partial charge in [-0.3, -0.25) is 0 Å². The van der Waals surface area contributed by atoms with Gasteiger partial charge in [0.2, 0.25) is 4.80 Å². The van der Waals surface area contributed by atoms with Crippen LogP contribution in [0.4, 0.5) is 0 Å². The number of aromatic nitrogens is 1.